The fraction of sp³-hybridized carbons (Fsp3) is 0.417. The third kappa shape index (κ3) is 2.62. The minimum Gasteiger partial charge on any atom is -0.369 e. The van der Waals surface area contributed by atoms with Gasteiger partial charge in [-0.25, -0.2) is 0 Å². The number of nitrogens with zero attached hydrogens (tertiary/aromatic N) is 1. The third-order valence-corrected chi connectivity index (χ3v) is 3.51. The summed E-state index contributed by atoms with van der Waals surface area (Å²) in [6.07, 6.45) is 2.24. The lowest BCUT2D eigenvalue weighted by Gasteiger charge is -2.23. The van der Waals surface area contributed by atoms with E-state index < -0.39 is 0 Å². The Balaban J connectivity index is 2.13. The van der Waals surface area contributed by atoms with Crippen molar-refractivity contribution in [2.24, 2.45) is 5.73 Å². The van der Waals surface area contributed by atoms with E-state index >= 15 is 0 Å². The zero-order valence-electron chi connectivity index (χ0n) is 9.03. The van der Waals surface area contributed by atoms with Crippen molar-refractivity contribution in [3.63, 3.8) is 0 Å². The average molecular weight is 283 g/mol. The first-order chi connectivity index (χ1) is 7.66. The van der Waals surface area contributed by atoms with Crippen LogP contribution in [0.2, 0.25) is 0 Å². The molecular formula is C12H15BrN2O. The molecule has 0 bridgehead atoms. The minimum atomic E-state index is -0.246. The summed E-state index contributed by atoms with van der Waals surface area (Å²) in [6, 6.07) is 8.63. The quantitative estimate of drug-likeness (QED) is 0.923. The fourth-order valence-electron chi connectivity index (χ4n) is 2.28. The highest BCUT2D eigenvalue weighted by molar-refractivity contribution is 9.10. The number of primary amides is 1. The minimum absolute atomic E-state index is 0.246. The third-order valence-electron chi connectivity index (χ3n) is 2.98. The molecule has 1 heterocycles. The molecule has 1 aromatic carbocycles. The zero-order chi connectivity index (χ0) is 11.5. The number of hydrogen-bond donors (Lipinski definition) is 1. The molecule has 2 N–H and O–H groups in total. The van der Waals surface area contributed by atoms with Crippen LogP contribution in [0.25, 0.3) is 0 Å². The molecule has 4 heteroatoms. The molecule has 86 valence electrons. The molecule has 0 radical (unpaired) electrons. The molecule has 0 aliphatic carbocycles. The number of hydrogen-bond acceptors (Lipinski definition) is 2. The number of nitrogens with two attached hydrogens (primary N) is 1. The van der Waals surface area contributed by atoms with Crippen LogP contribution in [-0.2, 0) is 4.79 Å². The monoisotopic (exact) mass is 282 g/mol. The molecule has 16 heavy (non-hydrogen) atoms. The van der Waals surface area contributed by atoms with Crippen LogP contribution in [0.15, 0.2) is 28.7 Å². The molecule has 1 aromatic rings. The summed E-state index contributed by atoms with van der Waals surface area (Å²) in [7, 11) is 0. The van der Waals surface area contributed by atoms with Crippen LogP contribution in [-0.4, -0.2) is 23.9 Å². The van der Waals surface area contributed by atoms with Gasteiger partial charge in [-0.05, 0) is 37.1 Å². The number of amides is 1. The van der Waals surface area contributed by atoms with E-state index in [-0.39, 0.29) is 5.91 Å². The average Bonchev–Trinajstić information content (AvgIpc) is 2.66. The summed E-state index contributed by atoms with van der Waals surface area (Å²) in [5, 5.41) is 0. The topological polar surface area (TPSA) is 46.3 Å². The van der Waals surface area contributed by atoms with Gasteiger partial charge in [-0.1, -0.05) is 28.1 Å². The second-order valence-electron chi connectivity index (χ2n) is 4.15. The first-order valence-corrected chi connectivity index (χ1v) is 6.24. The van der Waals surface area contributed by atoms with Gasteiger partial charge in [-0.3, -0.25) is 9.69 Å². The second-order valence-corrected chi connectivity index (χ2v) is 5.06. The lowest BCUT2D eigenvalue weighted by molar-refractivity contribution is -0.119. The second kappa shape index (κ2) is 4.97. The smallest absolute Gasteiger partial charge is 0.231 e. The Bertz CT molecular complexity index is 377. The van der Waals surface area contributed by atoms with Gasteiger partial charge in [-0.15, -0.1) is 0 Å². The van der Waals surface area contributed by atoms with Crippen molar-refractivity contribution in [2.75, 3.05) is 13.1 Å². The summed E-state index contributed by atoms with van der Waals surface area (Å²) in [6.45, 7) is 1.32. The maximum Gasteiger partial charge on any atom is 0.231 e. The van der Waals surface area contributed by atoms with Gasteiger partial charge >= 0.3 is 0 Å². The van der Waals surface area contributed by atoms with Crippen LogP contribution in [0.4, 0.5) is 0 Å². The number of benzene rings is 1. The van der Waals surface area contributed by atoms with Crippen LogP contribution < -0.4 is 5.73 Å². The van der Waals surface area contributed by atoms with E-state index in [1.54, 1.807) is 0 Å². The molecule has 1 amide bonds. The van der Waals surface area contributed by atoms with Gasteiger partial charge in [0.25, 0.3) is 0 Å². The van der Waals surface area contributed by atoms with Crippen LogP contribution in [0.3, 0.4) is 0 Å². The van der Waals surface area contributed by atoms with Crippen molar-refractivity contribution < 1.29 is 4.79 Å². The van der Waals surface area contributed by atoms with E-state index in [1.165, 1.54) is 5.56 Å². The van der Waals surface area contributed by atoms with Crippen LogP contribution in [0.5, 0.6) is 0 Å². The highest BCUT2D eigenvalue weighted by Gasteiger charge is 2.26. The lowest BCUT2D eigenvalue weighted by Crippen LogP contribution is -2.33. The van der Waals surface area contributed by atoms with Crippen LogP contribution in [0.1, 0.15) is 24.4 Å². The van der Waals surface area contributed by atoms with Gasteiger partial charge in [0, 0.05) is 10.5 Å². The van der Waals surface area contributed by atoms with E-state index in [1.807, 2.05) is 12.1 Å². The van der Waals surface area contributed by atoms with Crippen molar-refractivity contribution in [3.05, 3.63) is 34.3 Å². The normalized spacial score (nSPS) is 21.2. The largest absolute Gasteiger partial charge is 0.369 e. The number of halogens is 1. The Morgan fingerprint density at radius 1 is 1.44 bits per heavy atom. The van der Waals surface area contributed by atoms with Crippen molar-refractivity contribution in [1.29, 1.82) is 0 Å². The van der Waals surface area contributed by atoms with Gasteiger partial charge < -0.3 is 5.73 Å². The molecule has 1 fully saturated rings. The van der Waals surface area contributed by atoms with E-state index in [2.05, 4.69) is 33.0 Å². The molecule has 1 aliphatic heterocycles. The SMILES string of the molecule is NC(=O)CN1CCCC1c1ccc(Br)cc1. The Morgan fingerprint density at radius 3 is 2.75 bits per heavy atom. The number of carbonyl (C=O) groups excluding carboxylic acids is 1. The number of carbonyl (C=O) groups is 1. The first kappa shape index (κ1) is 11.6. The van der Waals surface area contributed by atoms with Crippen LogP contribution in [0, 0.1) is 0 Å². The Labute approximate surface area is 104 Å². The molecule has 1 atom stereocenters. The first-order valence-electron chi connectivity index (χ1n) is 5.44. The molecule has 0 spiro atoms. The molecule has 3 nitrogen and oxygen atoms in total. The number of likely N-dealkylation sites (tertiary alicyclic amines) is 1. The molecule has 2 rings (SSSR count). The van der Waals surface area contributed by atoms with Crippen molar-refractivity contribution in [3.8, 4) is 0 Å². The Kier molecular flexibility index (Phi) is 3.61. The summed E-state index contributed by atoms with van der Waals surface area (Å²) >= 11 is 3.42. The van der Waals surface area contributed by atoms with E-state index in [9.17, 15) is 4.79 Å². The number of rotatable bonds is 3. The summed E-state index contributed by atoms with van der Waals surface area (Å²) in [5.41, 5.74) is 6.51. The van der Waals surface area contributed by atoms with Gasteiger partial charge in [0.05, 0.1) is 6.54 Å². The predicted octanol–water partition coefficient (Wildman–Crippen LogP) is 2.07. The maximum atomic E-state index is 11.0. The summed E-state index contributed by atoms with van der Waals surface area (Å²) in [4.78, 5) is 13.1. The van der Waals surface area contributed by atoms with Gasteiger partial charge in [0.1, 0.15) is 0 Å². The maximum absolute atomic E-state index is 11.0. The van der Waals surface area contributed by atoms with Gasteiger partial charge in [0.2, 0.25) is 5.91 Å². The highest BCUT2D eigenvalue weighted by atomic mass is 79.9. The van der Waals surface area contributed by atoms with Crippen molar-refractivity contribution in [1.82, 2.24) is 4.90 Å². The molecule has 1 unspecified atom stereocenters. The fourth-order valence-corrected chi connectivity index (χ4v) is 2.54. The zero-order valence-corrected chi connectivity index (χ0v) is 10.6. The molecular weight excluding hydrogens is 268 g/mol. The Hall–Kier alpha value is -0.870. The molecule has 0 aromatic heterocycles. The lowest BCUT2D eigenvalue weighted by atomic mass is 10.0. The standard InChI is InChI=1S/C12H15BrN2O/c13-10-5-3-9(4-6-10)11-2-1-7-15(11)8-12(14)16/h3-6,11H,1-2,7-8H2,(H2,14,16). The molecule has 0 saturated carbocycles. The van der Waals surface area contributed by atoms with Gasteiger partial charge in [0.15, 0.2) is 0 Å². The summed E-state index contributed by atoms with van der Waals surface area (Å²) in [5.74, 6) is -0.246. The summed E-state index contributed by atoms with van der Waals surface area (Å²) < 4.78 is 1.08. The van der Waals surface area contributed by atoms with E-state index in [4.69, 9.17) is 5.73 Å². The highest BCUT2D eigenvalue weighted by Crippen LogP contribution is 2.31. The Morgan fingerprint density at radius 2 is 2.12 bits per heavy atom. The van der Waals surface area contributed by atoms with Crippen molar-refractivity contribution >= 4 is 21.8 Å². The van der Waals surface area contributed by atoms with E-state index in [0.29, 0.717) is 12.6 Å². The van der Waals surface area contributed by atoms with Gasteiger partial charge in [-0.2, -0.15) is 0 Å². The van der Waals surface area contributed by atoms with Crippen molar-refractivity contribution in [2.45, 2.75) is 18.9 Å². The predicted molar refractivity (Wildman–Crippen MR) is 66.9 cm³/mol. The van der Waals surface area contributed by atoms with Crippen LogP contribution >= 0.6 is 15.9 Å². The molecule has 1 aliphatic rings. The molecule has 1 saturated heterocycles. The van der Waals surface area contributed by atoms with E-state index in [0.717, 1.165) is 23.9 Å².